The van der Waals surface area contributed by atoms with Crippen LogP contribution in [0.1, 0.15) is 0 Å². The lowest BCUT2D eigenvalue weighted by Crippen LogP contribution is -1.64. The van der Waals surface area contributed by atoms with Gasteiger partial charge in [0.25, 0.3) is 0 Å². The summed E-state index contributed by atoms with van der Waals surface area (Å²) in [5.74, 6) is 0. The van der Waals surface area contributed by atoms with Gasteiger partial charge in [-0.15, -0.1) is 0 Å². The number of rotatable bonds is 0. The van der Waals surface area contributed by atoms with Crippen LogP contribution >= 0.6 is 7.65 Å². The Labute approximate surface area is 64.3 Å². The Balaban J connectivity index is 3.03. The summed E-state index contributed by atoms with van der Waals surface area (Å²) in [6.45, 7) is 0. The van der Waals surface area contributed by atoms with Crippen LogP contribution in [0.25, 0.3) is 10.5 Å². The number of benzene rings is 1. The quantitative estimate of drug-likeness (QED) is 0.600. The lowest BCUT2D eigenvalue weighted by molar-refractivity contribution is 0.551. The molecule has 1 atom stereocenters. The van der Waals surface area contributed by atoms with Crippen molar-refractivity contribution < 1.29 is 8.76 Å². The summed E-state index contributed by atoms with van der Waals surface area (Å²) in [5, 5.41) is 1.77. The second-order valence-corrected chi connectivity index (χ2v) is 3.43. The lowest BCUT2D eigenvalue weighted by atomic mass is 10.3. The average Bonchev–Trinajstić information content (AvgIpc) is 2.06. The van der Waals surface area contributed by atoms with Crippen molar-refractivity contribution in [3.8, 4) is 0 Å². The molecule has 54 valence electrons. The van der Waals surface area contributed by atoms with Gasteiger partial charge in [0.05, 0.1) is 0 Å². The van der Waals surface area contributed by atoms with Crippen molar-refractivity contribution in [1.82, 2.24) is 0 Å². The lowest BCUT2D eigenvalue weighted by Gasteiger charge is -1.82. The van der Waals surface area contributed by atoms with E-state index in [-0.39, 0.29) is 0 Å². The van der Waals surface area contributed by atoms with E-state index in [2.05, 4.69) is 0 Å². The van der Waals surface area contributed by atoms with Gasteiger partial charge >= 0.3 is 7.65 Å². The van der Waals surface area contributed by atoms with Gasteiger partial charge in [-0.1, -0.05) is 18.2 Å². The van der Waals surface area contributed by atoms with Gasteiger partial charge in [0.15, 0.2) is 6.26 Å². The minimum atomic E-state index is -1.64. The van der Waals surface area contributed by atoms with Crippen molar-refractivity contribution in [2.24, 2.45) is 0 Å². The number of fused-ring (bicyclic) bond motifs is 1. The summed E-state index contributed by atoms with van der Waals surface area (Å²) >= 11 is 0. The first kappa shape index (κ1) is 6.56. The van der Waals surface area contributed by atoms with Crippen molar-refractivity contribution in [3.63, 3.8) is 0 Å². The fourth-order valence-corrected chi connectivity index (χ4v) is 1.86. The average molecular weight is 165 g/mol. The highest BCUT2D eigenvalue weighted by atomic mass is 31.1. The smallest absolute Gasteiger partial charge is 0.258 e. The molecule has 2 rings (SSSR count). The first-order valence-corrected chi connectivity index (χ1v) is 4.45. The predicted octanol–water partition coefficient (Wildman–Crippen LogP) is 3.18. The third-order valence-electron chi connectivity index (χ3n) is 1.54. The molecule has 3 heteroatoms. The van der Waals surface area contributed by atoms with E-state index < -0.39 is 7.65 Å². The van der Waals surface area contributed by atoms with Gasteiger partial charge in [0, 0.05) is 5.39 Å². The second kappa shape index (κ2) is 2.48. The van der Waals surface area contributed by atoms with E-state index in [9.17, 15) is 4.57 Å². The summed E-state index contributed by atoms with van der Waals surface area (Å²) in [5.41, 5.74) is 0. The van der Waals surface area contributed by atoms with Crippen LogP contribution in [0.4, 0.5) is 0 Å². The van der Waals surface area contributed by atoms with E-state index in [1.54, 1.807) is 0 Å². The molecule has 0 radical (unpaired) electrons. The van der Waals surface area contributed by atoms with Crippen LogP contribution in [0, 0.1) is 0 Å². The van der Waals surface area contributed by atoms with Crippen LogP contribution in [0.15, 0.2) is 40.8 Å². The Bertz CT molecular complexity index is 428. The molecular weight excluding hydrogens is 159 g/mol. The molecule has 0 saturated heterocycles. The second-order valence-electron chi connectivity index (χ2n) is 2.22. The van der Waals surface area contributed by atoms with Crippen LogP contribution < -0.4 is 0 Å². The van der Waals surface area contributed by atoms with Gasteiger partial charge < -0.3 is 0 Å². The van der Waals surface area contributed by atoms with E-state index in [1.165, 1.54) is 6.26 Å². The summed E-state index contributed by atoms with van der Waals surface area (Å²) in [6.07, 6.45) is 1.47. The fourth-order valence-electron chi connectivity index (χ4n) is 1.01. The van der Waals surface area contributed by atoms with Crippen LogP contribution in [0.3, 0.4) is 0 Å². The Morgan fingerprint density at radius 3 is 2.82 bits per heavy atom. The van der Waals surface area contributed by atoms with Crippen LogP contribution in [0.2, 0.25) is 0 Å². The number of hydrogen-bond acceptors (Lipinski definition) is 2. The summed E-state index contributed by atoms with van der Waals surface area (Å²) in [7, 11) is -1.64. The van der Waals surface area contributed by atoms with E-state index in [1.807, 2.05) is 30.3 Å². The standard InChI is InChI=1S/C8H6O2P/c9-11-8-4-2-1-3-7(8)5-6-10-11/h1-6H/q+1. The SMILES string of the molecule is O=[p+]1occc2ccccc21. The van der Waals surface area contributed by atoms with Crippen molar-refractivity contribution in [2.75, 3.05) is 0 Å². The van der Waals surface area contributed by atoms with Crippen molar-refractivity contribution in [3.05, 3.63) is 36.6 Å². The predicted molar refractivity (Wildman–Crippen MR) is 43.8 cm³/mol. The highest BCUT2D eigenvalue weighted by molar-refractivity contribution is 7.36. The van der Waals surface area contributed by atoms with Crippen molar-refractivity contribution >= 4 is 18.2 Å². The highest BCUT2D eigenvalue weighted by Crippen LogP contribution is 2.26. The zero-order chi connectivity index (χ0) is 7.68. The van der Waals surface area contributed by atoms with Crippen molar-refractivity contribution in [1.29, 1.82) is 0 Å². The molecule has 2 aromatic rings. The van der Waals surface area contributed by atoms with E-state index in [4.69, 9.17) is 4.20 Å². The maximum Gasteiger partial charge on any atom is 0.597 e. The highest BCUT2D eigenvalue weighted by Gasteiger charge is 2.07. The molecule has 2 nitrogen and oxygen atoms in total. The molecule has 0 aliphatic heterocycles. The fraction of sp³-hybridized carbons (Fsp3) is 0. The molecule has 11 heavy (non-hydrogen) atoms. The molecule has 1 aromatic heterocycles. The number of hydrogen-bond donors (Lipinski definition) is 0. The first-order valence-electron chi connectivity index (χ1n) is 3.27. The van der Waals surface area contributed by atoms with Gasteiger partial charge in [-0.2, -0.15) is 0 Å². The third-order valence-corrected chi connectivity index (χ3v) is 2.65. The van der Waals surface area contributed by atoms with Gasteiger partial charge in [-0.3, -0.25) is 4.20 Å². The van der Waals surface area contributed by atoms with Gasteiger partial charge in [0.2, 0.25) is 5.12 Å². The monoisotopic (exact) mass is 165 g/mol. The molecule has 1 aromatic carbocycles. The molecule has 0 aliphatic carbocycles. The van der Waals surface area contributed by atoms with E-state index >= 15 is 0 Å². The molecule has 1 unspecified atom stereocenters. The molecule has 0 bridgehead atoms. The molecule has 0 aliphatic rings. The molecular formula is C8H6O2P+. The summed E-state index contributed by atoms with van der Waals surface area (Å²) in [4.78, 5) is 0. The molecule has 0 fully saturated rings. The molecule has 0 amide bonds. The Kier molecular flexibility index (Phi) is 1.48. The van der Waals surface area contributed by atoms with Crippen molar-refractivity contribution in [2.45, 2.75) is 0 Å². The van der Waals surface area contributed by atoms with Crippen LogP contribution in [-0.4, -0.2) is 0 Å². The van der Waals surface area contributed by atoms with Crippen LogP contribution in [0.5, 0.6) is 0 Å². The Hall–Kier alpha value is -1.14. The first-order chi connectivity index (χ1) is 5.38. The summed E-state index contributed by atoms with van der Waals surface area (Å²) in [6, 6.07) is 9.32. The Morgan fingerprint density at radius 2 is 2.00 bits per heavy atom. The zero-order valence-corrected chi connectivity index (χ0v) is 6.62. The summed E-state index contributed by atoms with van der Waals surface area (Å²) < 4.78 is 16.0. The van der Waals surface area contributed by atoms with Crippen LogP contribution in [-0.2, 0) is 4.57 Å². The maximum atomic E-state index is 11.2. The topological polar surface area (TPSA) is 30.2 Å². The van der Waals surface area contributed by atoms with Gasteiger partial charge in [-0.05, 0) is 16.7 Å². The molecule has 0 N–H and O–H groups in total. The molecule has 1 heterocycles. The minimum absolute atomic E-state index is 0.782. The van der Waals surface area contributed by atoms with E-state index in [0.29, 0.717) is 0 Å². The van der Waals surface area contributed by atoms with Gasteiger partial charge in [-0.25, -0.2) is 0 Å². The third kappa shape index (κ3) is 1.06. The minimum Gasteiger partial charge on any atom is -0.258 e. The normalized spacial score (nSPS) is 11.8. The zero-order valence-electron chi connectivity index (χ0n) is 5.73. The molecule has 0 saturated carbocycles. The maximum absolute atomic E-state index is 11.2. The van der Waals surface area contributed by atoms with E-state index in [0.717, 1.165) is 10.5 Å². The molecule has 0 spiro atoms. The largest absolute Gasteiger partial charge is 0.597 e. The van der Waals surface area contributed by atoms with Gasteiger partial charge in [0.1, 0.15) is 0 Å². The Morgan fingerprint density at radius 1 is 1.18 bits per heavy atom.